The lowest BCUT2D eigenvalue weighted by molar-refractivity contribution is 1.45. The van der Waals surface area contributed by atoms with E-state index in [1.54, 1.807) is 0 Å². The molecule has 0 amide bonds. The number of hydrogen-bond donors (Lipinski definition) is 0. The summed E-state index contributed by atoms with van der Waals surface area (Å²) in [7, 11) is 0. The largest absolute Gasteiger partial charge is 0.147 e. The van der Waals surface area contributed by atoms with Gasteiger partial charge >= 0.3 is 0 Å². The molecule has 0 N–H and O–H groups in total. The fraction of sp³-hybridized carbons (Fsp3) is 0.0769. The van der Waals surface area contributed by atoms with E-state index < -0.39 is 0 Å². The third kappa shape index (κ3) is 3.21. The summed E-state index contributed by atoms with van der Waals surface area (Å²) in [6.07, 6.45) is 0. The number of halogens is 2. The van der Waals surface area contributed by atoms with Crippen molar-refractivity contribution in [1.29, 1.82) is 0 Å². The average molecular weight is 331 g/mol. The quantitative estimate of drug-likeness (QED) is 0.552. The maximum Gasteiger partial charge on any atom is 0.0247 e. The summed E-state index contributed by atoms with van der Waals surface area (Å²) in [5.41, 5.74) is 3.96. The molecule has 0 spiro atoms. The highest BCUT2D eigenvalue weighted by Gasteiger charge is 1.95. The van der Waals surface area contributed by atoms with Crippen molar-refractivity contribution in [1.82, 2.24) is 0 Å². The lowest BCUT2D eigenvalue weighted by Crippen LogP contribution is -1.79. The van der Waals surface area contributed by atoms with Crippen LogP contribution in [0.5, 0.6) is 0 Å². The molecule has 2 aromatic carbocycles. The van der Waals surface area contributed by atoms with Crippen LogP contribution in [0.25, 0.3) is 11.1 Å². The highest BCUT2D eigenvalue weighted by Crippen LogP contribution is 2.19. The molecule has 0 aliphatic heterocycles. The molecule has 2 rings (SSSR count). The van der Waals surface area contributed by atoms with Crippen LogP contribution in [0.3, 0.4) is 0 Å². The first-order chi connectivity index (χ1) is 6.90. The highest BCUT2D eigenvalue weighted by molar-refractivity contribution is 14.1. The van der Waals surface area contributed by atoms with Crippen LogP contribution in [0.1, 0.15) is 5.56 Å². The zero-order valence-corrected chi connectivity index (χ0v) is 11.2. The molecule has 0 aliphatic carbocycles. The van der Waals surface area contributed by atoms with Crippen molar-refractivity contribution in [2.45, 2.75) is 4.43 Å². The fourth-order valence-electron chi connectivity index (χ4n) is 1.42. The van der Waals surface area contributed by atoms with Crippen LogP contribution in [0.15, 0.2) is 54.6 Å². The van der Waals surface area contributed by atoms with Gasteiger partial charge < -0.3 is 0 Å². The van der Waals surface area contributed by atoms with E-state index in [1.807, 2.05) is 6.07 Å². The average Bonchev–Trinajstić information content (AvgIpc) is 2.30. The number of alkyl halides is 1. The van der Waals surface area contributed by atoms with Gasteiger partial charge in [0.15, 0.2) is 0 Å². The Morgan fingerprint density at radius 2 is 1.27 bits per heavy atom. The van der Waals surface area contributed by atoms with Crippen LogP contribution in [-0.2, 0) is 4.43 Å². The van der Waals surface area contributed by atoms with E-state index in [-0.39, 0.29) is 12.4 Å². The molecule has 2 aromatic rings. The van der Waals surface area contributed by atoms with E-state index in [4.69, 9.17) is 0 Å². The predicted molar refractivity (Wildman–Crippen MR) is 76.9 cm³/mol. The monoisotopic (exact) mass is 330 g/mol. The van der Waals surface area contributed by atoms with Gasteiger partial charge in [0, 0.05) is 4.43 Å². The first-order valence-electron chi connectivity index (χ1n) is 4.60. The number of hydrogen-bond acceptors (Lipinski definition) is 0. The first kappa shape index (κ1) is 12.5. The molecule has 0 saturated carbocycles. The molecule has 0 aromatic heterocycles. The minimum Gasteiger partial charge on any atom is -0.147 e. The van der Waals surface area contributed by atoms with E-state index in [0.29, 0.717) is 0 Å². The molecule has 0 fully saturated rings. The van der Waals surface area contributed by atoms with E-state index in [2.05, 4.69) is 71.1 Å². The van der Waals surface area contributed by atoms with Crippen LogP contribution in [0.4, 0.5) is 0 Å². The zero-order chi connectivity index (χ0) is 9.80. The van der Waals surface area contributed by atoms with Crippen LogP contribution >= 0.6 is 35.0 Å². The molecule has 0 unspecified atom stereocenters. The van der Waals surface area contributed by atoms with Crippen molar-refractivity contribution in [3.8, 4) is 11.1 Å². The van der Waals surface area contributed by atoms with Gasteiger partial charge in [-0.2, -0.15) is 0 Å². The Hall–Kier alpha value is -0.540. The molecule has 2 heteroatoms. The Morgan fingerprint density at radius 3 is 1.80 bits per heavy atom. The maximum absolute atomic E-state index is 2.38. The Kier molecular flexibility index (Phi) is 5.12. The Labute approximate surface area is 110 Å². The van der Waals surface area contributed by atoms with Crippen molar-refractivity contribution < 1.29 is 0 Å². The standard InChI is InChI=1S/C13H11I.ClH/c14-10-11-6-8-13(9-7-11)12-4-2-1-3-5-12;/h1-9H,10H2;1H. The van der Waals surface area contributed by atoms with Crippen molar-refractivity contribution in [3.05, 3.63) is 60.2 Å². The minimum atomic E-state index is 0. The van der Waals surface area contributed by atoms with Gasteiger partial charge in [-0.15, -0.1) is 12.4 Å². The topological polar surface area (TPSA) is 0 Å². The normalized spacial score (nSPS) is 9.40. The Bertz CT molecular complexity index is 395. The van der Waals surface area contributed by atoms with Gasteiger partial charge in [-0.05, 0) is 16.7 Å². The second-order valence-electron chi connectivity index (χ2n) is 3.20. The van der Waals surface area contributed by atoms with E-state index in [9.17, 15) is 0 Å². The summed E-state index contributed by atoms with van der Waals surface area (Å²) < 4.78 is 1.08. The van der Waals surface area contributed by atoms with Gasteiger partial charge in [-0.25, -0.2) is 0 Å². The number of rotatable bonds is 2. The molecule has 0 radical (unpaired) electrons. The van der Waals surface area contributed by atoms with Gasteiger partial charge in [0.25, 0.3) is 0 Å². The summed E-state index contributed by atoms with van der Waals surface area (Å²) in [4.78, 5) is 0. The number of benzene rings is 2. The zero-order valence-electron chi connectivity index (χ0n) is 8.19. The second kappa shape index (κ2) is 6.13. The molecule has 0 heterocycles. The summed E-state index contributed by atoms with van der Waals surface area (Å²) in [5, 5.41) is 0. The van der Waals surface area contributed by atoms with Gasteiger partial charge in [-0.3, -0.25) is 0 Å². The molecular weight excluding hydrogens is 319 g/mol. The Morgan fingerprint density at radius 1 is 0.733 bits per heavy atom. The lowest BCUT2D eigenvalue weighted by atomic mass is 10.0. The molecule has 15 heavy (non-hydrogen) atoms. The third-order valence-corrected chi connectivity index (χ3v) is 3.10. The van der Waals surface area contributed by atoms with Crippen molar-refractivity contribution in [2.75, 3.05) is 0 Å². The summed E-state index contributed by atoms with van der Waals surface area (Å²) >= 11 is 2.38. The first-order valence-corrected chi connectivity index (χ1v) is 6.13. The van der Waals surface area contributed by atoms with Crippen LogP contribution in [0.2, 0.25) is 0 Å². The highest BCUT2D eigenvalue weighted by atomic mass is 127. The van der Waals surface area contributed by atoms with E-state index >= 15 is 0 Å². The molecule has 0 saturated heterocycles. The molecule has 0 bridgehead atoms. The van der Waals surface area contributed by atoms with Crippen LogP contribution in [0, 0.1) is 0 Å². The minimum absolute atomic E-state index is 0. The van der Waals surface area contributed by atoms with Crippen LogP contribution in [-0.4, -0.2) is 0 Å². The molecule has 0 nitrogen and oxygen atoms in total. The van der Waals surface area contributed by atoms with Gasteiger partial charge in [0.2, 0.25) is 0 Å². The third-order valence-electron chi connectivity index (χ3n) is 2.22. The predicted octanol–water partition coefficient (Wildman–Crippen LogP) is 4.71. The van der Waals surface area contributed by atoms with E-state index in [1.165, 1.54) is 16.7 Å². The Balaban J connectivity index is 0.00000112. The molecule has 0 aliphatic rings. The molecule has 0 atom stereocenters. The maximum atomic E-state index is 2.38. The summed E-state index contributed by atoms with van der Waals surface area (Å²) in [6, 6.07) is 19.2. The van der Waals surface area contributed by atoms with Crippen molar-refractivity contribution in [2.24, 2.45) is 0 Å². The van der Waals surface area contributed by atoms with Gasteiger partial charge in [0.05, 0.1) is 0 Å². The van der Waals surface area contributed by atoms with Crippen LogP contribution < -0.4 is 0 Å². The van der Waals surface area contributed by atoms with Gasteiger partial charge in [-0.1, -0.05) is 77.2 Å². The second-order valence-corrected chi connectivity index (χ2v) is 3.96. The lowest BCUT2D eigenvalue weighted by Gasteiger charge is -2.01. The summed E-state index contributed by atoms with van der Waals surface area (Å²) in [6.45, 7) is 0. The molecule has 78 valence electrons. The SMILES string of the molecule is Cl.ICc1ccc(-c2ccccc2)cc1. The molecular formula is C13H12ClI. The van der Waals surface area contributed by atoms with Gasteiger partial charge in [0.1, 0.15) is 0 Å². The van der Waals surface area contributed by atoms with E-state index in [0.717, 1.165) is 4.43 Å². The summed E-state index contributed by atoms with van der Waals surface area (Å²) in [5.74, 6) is 0. The smallest absolute Gasteiger partial charge is 0.0247 e. The van der Waals surface area contributed by atoms with Crippen molar-refractivity contribution >= 4 is 35.0 Å². The fourth-order valence-corrected chi connectivity index (χ4v) is 1.93. The van der Waals surface area contributed by atoms with Crippen molar-refractivity contribution in [3.63, 3.8) is 0 Å².